The van der Waals surface area contributed by atoms with E-state index in [1.807, 2.05) is 43.5 Å². The molecule has 0 aliphatic heterocycles. The van der Waals surface area contributed by atoms with Crippen LogP contribution in [-0.4, -0.2) is 16.0 Å². The summed E-state index contributed by atoms with van der Waals surface area (Å²) in [5.74, 6) is 0.637. The molecule has 3 aromatic rings. The van der Waals surface area contributed by atoms with E-state index in [1.54, 1.807) is 11.3 Å². The van der Waals surface area contributed by atoms with Crippen LogP contribution in [0.4, 0.5) is 15.6 Å². The fourth-order valence-corrected chi connectivity index (χ4v) is 3.77. The highest BCUT2D eigenvalue weighted by molar-refractivity contribution is 7.15. The highest BCUT2D eigenvalue weighted by atomic mass is 32.1. The molecule has 1 fully saturated rings. The van der Waals surface area contributed by atoms with Crippen molar-refractivity contribution in [3.05, 3.63) is 47.1 Å². The Labute approximate surface area is 144 Å². The van der Waals surface area contributed by atoms with Crippen molar-refractivity contribution in [1.82, 2.24) is 9.97 Å². The Morgan fingerprint density at radius 3 is 2.88 bits per heavy atom. The summed E-state index contributed by atoms with van der Waals surface area (Å²) in [5, 5.41) is 7.31. The number of carbonyl (C=O) groups is 1. The second-order valence-corrected chi connectivity index (χ2v) is 7.20. The first-order valence-corrected chi connectivity index (χ1v) is 8.90. The second-order valence-electron chi connectivity index (χ2n) is 6.13. The van der Waals surface area contributed by atoms with Gasteiger partial charge in [-0.1, -0.05) is 12.5 Å². The first-order valence-electron chi connectivity index (χ1n) is 8.08. The summed E-state index contributed by atoms with van der Waals surface area (Å²) in [7, 11) is 0. The number of anilines is 2. The van der Waals surface area contributed by atoms with Crippen molar-refractivity contribution in [3.63, 3.8) is 0 Å². The van der Waals surface area contributed by atoms with E-state index in [0.717, 1.165) is 22.3 Å². The van der Waals surface area contributed by atoms with Crippen LogP contribution in [0.2, 0.25) is 0 Å². The number of urea groups is 1. The number of fused-ring (bicyclic) bond motifs is 1. The molecule has 0 atom stereocenters. The van der Waals surface area contributed by atoms with Gasteiger partial charge in [0.1, 0.15) is 0 Å². The maximum atomic E-state index is 12.2. The number of benzene rings is 1. The topological polar surface area (TPSA) is 66.9 Å². The first kappa shape index (κ1) is 15.1. The molecule has 2 N–H and O–H groups in total. The summed E-state index contributed by atoms with van der Waals surface area (Å²) >= 11 is 1.57. The van der Waals surface area contributed by atoms with Crippen molar-refractivity contribution in [2.24, 2.45) is 0 Å². The number of rotatable bonds is 3. The number of thiazole rings is 1. The third kappa shape index (κ3) is 3.10. The van der Waals surface area contributed by atoms with Crippen molar-refractivity contribution in [1.29, 1.82) is 0 Å². The van der Waals surface area contributed by atoms with E-state index >= 15 is 0 Å². The molecule has 1 aliphatic carbocycles. The lowest BCUT2D eigenvalue weighted by Crippen LogP contribution is -2.19. The molecule has 4 rings (SSSR count). The van der Waals surface area contributed by atoms with E-state index in [9.17, 15) is 4.79 Å². The van der Waals surface area contributed by atoms with Crippen molar-refractivity contribution >= 4 is 39.1 Å². The molecule has 2 aromatic heterocycles. The predicted octanol–water partition coefficient (Wildman–Crippen LogP) is 4.91. The zero-order valence-corrected chi connectivity index (χ0v) is 14.2. The number of amides is 2. The van der Waals surface area contributed by atoms with Gasteiger partial charge in [0.15, 0.2) is 5.13 Å². The first-order chi connectivity index (χ1) is 11.7. The lowest BCUT2D eigenvalue weighted by Gasteiger charge is -2.23. The minimum atomic E-state index is -0.274. The number of hydrogen-bond acceptors (Lipinski definition) is 4. The molecule has 0 radical (unpaired) electrons. The lowest BCUT2D eigenvalue weighted by molar-refractivity contribution is 0.262. The largest absolute Gasteiger partial charge is 0.325 e. The third-order valence-electron chi connectivity index (χ3n) is 4.34. The van der Waals surface area contributed by atoms with Gasteiger partial charge < -0.3 is 5.32 Å². The molecule has 2 amide bonds. The van der Waals surface area contributed by atoms with Crippen LogP contribution in [-0.2, 0) is 0 Å². The molecular formula is C18H18N4OS. The van der Waals surface area contributed by atoms with Gasteiger partial charge in [0.25, 0.3) is 0 Å². The molecule has 1 saturated carbocycles. The van der Waals surface area contributed by atoms with Crippen LogP contribution in [0.15, 0.2) is 36.5 Å². The Hall–Kier alpha value is -2.47. The van der Waals surface area contributed by atoms with Crippen molar-refractivity contribution < 1.29 is 4.79 Å². The Morgan fingerprint density at radius 2 is 2.08 bits per heavy atom. The van der Waals surface area contributed by atoms with Gasteiger partial charge in [-0.15, -0.1) is 11.3 Å². The quantitative estimate of drug-likeness (QED) is 0.713. The van der Waals surface area contributed by atoms with Crippen LogP contribution in [0.5, 0.6) is 0 Å². The summed E-state index contributed by atoms with van der Waals surface area (Å²) in [4.78, 5) is 22.2. The zero-order valence-electron chi connectivity index (χ0n) is 13.4. The highest BCUT2D eigenvalue weighted by Gasteiger charge is 2.22. The summed E-state index contributed by atoms with van der Waals surface area (Å²) < 4.78 is 0. The van der Waals surface area contributed by atoms with Crippen LogP contribution in [0, 0.1) is 6.92 Å². The van der Waals surface area contributed by atoms with Crippen LogP contribution in [0.3, 0.4) is 0 Å². The summed E-state index contributed by atoms with van der Waals surface area (Å²) in [6, 6.07) is 9.38. The van der Waals surface area contributed by atoms with Crippen molar-refractivity contribution in [2.75, 3.05) is 10.6 Å². The molecule has 0 spiro atoms. The van der Waals surface area contributed by atoms with Gasteiger partial charge in [0.2, 0.25) is 0 Å². The fourth-order valence-electron chi connectivity index (χ4n) is 2.79. The maximum absolute atomic E-state index is 12.2. The van der Waals surface area contributed by atoms with Gasteiger partial charge in [0, 0.05) is 27.8 Å². The molecule has 2 heterocycles. The van der Waals surface area contributed by atoms with E-state index in [2.05, 4.69) is 20.6 Å². The summed E-state index contributed by atoms with van der Waals surface area (Å²) in [6.45, 7) is 1.96. The SMILES string of the molecule is Cc1ccc2cc(NC(=O)Nc3ncc(C4CCC4)s3)ccc2n1. The Balaban J connectivity index is 1.43. The van der Waals surface area contributed by atoms with Gasteiger partial charge in [-0.05, 0) is 49.9 Å². The van der Waals surface area contributed by atoms with E-state index in [4.69, 9.17) is 0 Å². The average Bonchev–Trinajstić information content (AvgIpc) is 2.93. The number of nitrogens with zero attached hydrogens (tertiary/aromatic N) is 2. The Kier molecular flexibility index (Phi) is 3.90. The minimum absolute atomic E-state index is 0.274. The third-order valence-corrected chi connectivity index (χ3v) is 5.41. The van der Waals surface area contributed by atoms with Crippen molar-refractivity contribution in [3.8, 4) is 0 Å². The molecule has 6 heteroatoms. The van der Waals surface area contributed by atoms with Gasteiger partial charge in [-0.2, -0.15) is 0 Å². The van der Waals surface area contributed by atoms with Crippen LogP contribution in [0.1, 0.15) is 35.8 Å². The molecule has 122 valence electrons. The van der Waals surface area contributed by atoms with Crippen LogP contribution in [0.25, 0.3) is 10.9 Å². The fraction of sp³-hybridized carbons (Fsp3) is 0.278. The second kappa shape index (κ2) is 6.20. The van der Waals surface area contributed by atoms with Gasteiger partial charge in [-0.25, -0.2) is 9.78 Å². The van der Waals surface area contributed by atoms with Crippen molar-refractivity contribution in [2.45, 2.75) is 32.1 Å². The number of pyridine rings is 1. The van der Waals surface area contributed by atoms with Gasteiger partial charge in [-0.3, -0.25) is 10.3 Å². The maximum Gasteiger partial charge on any atom is 0.325 e. The van der Waals surface area contributed by atoms with E-state index in [0.29, 0.717) is 11.0 Å². The number of aromatic nitrogens is 2. The lowest BCUT2D eigenvalue weighted by atomic mass is 9.85. The monoisotopic (exact) mass is 338 g/mol. The zero-order chi connectivity index (χ0) is 16.5. The number of hydrogen-bond donors (Lipinski definition) is 2. The molecular weight excluding hydrogens is 320 g/mol. The molecule has 0 saturated heterocycles. The summed E-state index contributed by atoms with van der Waals surface area (Å²) in [5.41, 5.74) is 2.64. The average molecular weight is 338 g/mol. The van der Waals surface area contributed by atoms with E-state index < -0.39 is 0 Å². The molecule has 0 bridgehead atoms. The number of nitrogens with one attached hydrogen (secondary N) is 2. The standard InChI is InChI=1S/C18H18N4OS/c1-11-5-6-13-9-14(7-8-15(13)20-11)21-17(23)22-18-19-10-16(24-18)12-3-2-4-12/h5-10,12H,2-4H2,1H3,(H2,19,21,22,23). The minimum Gasteiger partial charge on any atom is -0.308 e. The molecule has 1 aliphatic rings. The smallest absolute Gasteiger partial charge is 0.308 e. The number of aryl methyl sites for hydroxylation is 1. The summed E-state index contributed by atoms with van der Waals surface area (Å²) in [6.07, 6.45) is 5.65. The Morgan fingerprint density at radius 1 is 1.21 bits per heavy atom. The highest BCUT2D eigenvalue weighted by Crippen LogP contribution is 2.39. The molecule has 1 aromatic carbocycles. The van der Waals surface area contributed by atoms with Gasteiger partial charge in [0.05, 0.1) is 5.52 Å². The Bertz CT molecular complexity index is 901. The predicted molar refractivity (Wildman–Crippen MR) is 97.8 cm³/mol. The molecule has 24 heavy (non-hydrogen) atoms. The number of carbonyl (C=O) groups excluding carboxylic acids is 1. The van der Waals surface area contributed by atoms with Crippen LogP contribution >= 0.6 is 11.3 Å². The van der Waals surface area contributed by atoms with E-state index in [-0.39, 0.29) is 6.03 Å². The normalized spacial score (nSPS) is 14.4. The van der Waals surface area contributed by atoms with Crippen LogP contribution < -0.4 is 10.6 Å². The molecule has 5 nitrogen and oxygen atoms in total. The van der Waals surface area contributed by atoms with E-state index in [1.165, 1.54) is 24.1 Å². The van der Waals surface area contributed by atoms with Gasteiger partial charge >= 0.3 is 6.03 Å². The molecule has 0 unspecified atom stereocenters.